The molecule has 0 unspecified atom stereocenters. The number of carbonyl (C=O) groups excluding carboxylic acids is 1. The fraction of sp³-hybridized carbons (Fsp3) is 0.346. The minimum absolute atomic E-state index is 0.162. The molecule has 3 rings (SSSR count). The first kappa shape index (κ1) is 23.8. The molecule has 6 heteroatoms. The van der Waals surface area contributed by atoms with E-state index in [0.29, 0.717) is 41.4 Å². The Morgan fingerprint density at radius 1 is 1.00 bits per heavy atom. The van der Waals surface area contributed by atoms with E-state index in [0.717, 1.165) is 12.1 Å². The van der Waals surface area contributed by atoms with Gasteiger partial charge in [-0.25, -0.2) is 0 Å². The third-order valence-electron chi connectivity index (χ3n) is 5.31. The number of hydrogen-bond acceptors (Lipinski definition) is 5. The molecule has 0 fully saturated rings. The lowest BCUT2D eigenvalue weighted by molar-refractivity contribution is 0.102. The van der Waals surface area contributed by atoms with E-state index >= 15 is 0 Å². The highest BCUT2D eigenvalue weighted by Gasteiger charge is 2.15. The van der Waals surface area contributed by atoms with Crippen molar-refractivity contribution in [2.24, 2.45) is 0 Å². The number of carbonyl (C=O) groups is 1. The zero-order valence-corrected chi connectivity index (χ0v) is 20.2. The zero-order valence-electron chi connectivity index (χ0n) is 19.4. The summed E-state index contributed by atoms with van der Waals surface area (Å²) < 4.78 is 11.5. The van der Waals surface area contributed by atoms with Crippen molar-refractivity contribution in [3.8, 4) is 21.9 Å². The average molecular weight is 453 g/mol. The number of nitrogens with zero attached hydrogens (tertiary/aromatic N) is 1. The molecule has 2 aromatic carbocycles. The number of hydrogen-bond donors (Lipinski definition) is 1. The van der Waals surface area contributed by atoms with E-state index in [4.69, 9.17) is 9.47 Å². The third-order valence-corrected chi connectivity index (χ3v) is 6.23. The van der Waals surface area contributed by atoms with Crippen LogP contribution in [0.3, 0.4) is 0 Å². The van der Waals surface area contributed by atoms with Crippen molar-refractivity contribution in [1.29, 1.82) is 0 Å². The molecule has 0 aliphatic rings. The summed E-state index contributed by atoms with van der Waals surface area (Å²) in [5, 5.41) is 5.00. The first-order valence-corrected chi connectivity index (χ1v) is 11.8. The number of methoxy groups -OCH3 is 1. The summed E-state index contributed by atoms with van der Waals surface area (Å²) in [7, 11) is 1.62. The lowest BCUT2D eigenvalue weighted by Gasteiger charge is -2.30. The van der Waals surface area contributed by atoms with Crippen molar-refractivity contribution in [2.75, 3.05) is 25.6 Å². The van der Waals surface area contributed by atoms with Crippen LogP contribution in [0.2, 0.25) is 0 Å². The molecular weight excluding hydrogens is 420 g/mol. The largest absolute Gasteiger partial charge is 0.493 e. The number of rotatable bonds is 10. The minimum Gasteiger partial charge on any atom is -0.493 e. The molecule has 0 aliphatic carbocycles. The summed E-state index contributed by atoms with van der Waals surface area (Å²) in [4.78, 5) is 16.3. The number of amides is 1. The van der Waals surface area contributed by atoms with Gasteiger partial charge in [0.05, 0.1) is 7.11 Å². The van der Waals surface area contributed by atoms with Crippen LogP contribution in [-0.2, 0) is 0 Å². The lowest BCUT2D eigenvalue weighted by atomic mass is 10.1. The summed E-state index contributed by atoms with van der Waals surface area (Å²) in [5.74, 6) is 1.10. The number of benzene rings is 2. The van der Waals surface area contributed by atoms with E-state index in [1.165, 1.54) is 4.88 Å². The van der Waals surface area contributed by atoms with Gasteiger partial charge in [-0.3, -0.25) is 9.69 Å². The second-order valence-corrected chi connectivity index (χ2v) is 9.10. The average Bonchev–Trinajstić information content (AvgIpc) is 3.31. The molecule has 1 heterocycles. The van der Waals surface area contributed by atoms with Gasteiger partial charge >= 0.3 is 0 Å². The maximum Gasteiger partial charge on any atom is 0.255 e. The molecule has 0 saturated heterocycles. The van der Waals surface area contributed by atoms with Gasteiger partial charge in [0.25, 0.3) is 5.91 Å². The molecule has 1 aromatic heterocycles. The van der Waals surface area contributed by atoms with Crippen LogP contribution in [0.4, 0.5) is 5.69 Å². The Hall–Kier alpha value is -2.83. The van der Waals surface area contributed by atoms with Crippen molar-refractivity contribution in [2.45, 2.75) is 39.8 Å². The quantitative estimate of drug-likeness (QED) is 0.399. The molecule has 32 heavy (non-hydrogen) atoms. The van der Waals surface area contributed by atoms with Gasteiger partial charge in [0.2, 0.25) is 0 Å². The van der Waals surface area contributed by atoms with Gasteiger partial charge in [0.1, 0.15) is 6.61 Å². The van der Waals surface area contributed by atoms with Crippen LogP contribution < -0.4 is 14.8 Å². The van der Waals surface area contributed by atoms with Gasteiger partial charge < -0.3 is 14.8 Å². The lowest BCUT2D eigenvalue weighted by Crippen LogP contribution is -2.39. The van der Waals surface area contributed by atoms with Gasteiger partial charge in [-0.15, -0.1) is 11.3 Å². The maximum absolute atomic E-state index is 12.7. The molecule has 170 valence electrons. The molecule has 0 bridgehead atoms. The van der Waals surface area contributed by atoms with E-state index < -0.39 is 0 Å². The van der Waals surface area contributed by atoms with E-state index in [9.17, 15) is 4.79 Å². The number of nitrogens with one attached hydrogen (secondary N) is 1. The highest BCUT2D eigenvalue weighted by atomic mass is 32.1. The van der Waals surface area contributed by atoms with Crippen molar-refractivity contribution >= 4 is 22.9 Å². The second-order valence-electron chi connectivity index (χ2n) is 8.15. The predicted molar refractivity (Wildman–Crippen MR) is 133 cm³/mol. The Morgan fingerprint density at radius 3 is 2.31 bits per heavy atom. The maximum atomic E-state index is 12.7. The van der Waals surface area contributed by atoms with Crippen molar-refractivity contribution < 1.29 is 14.3 Å². The number of anilines is 1. The van der Waals surface area contributed by atoms with Gasteiger partial charge in [-0.1, -0.05) is 18.2 Å². The molecule has 0 saturated carbocycles. The third kappa shape index (κ3) is 6.11. The van der Waals surface area contributed by atoms with E-state index in [1.54, 1.807) is 18.4 Å². The van der Waals surface area contributed by atoms with Crippen LogP contribution in [0, 0.1) is 0 Å². The number of thiophene rings is 1. The summed E-state index contributed by atoms with van der Waals surface area (Å²) in [6.45, 7) is 10.1. The van der Waals surface area contributed by atoms with Gasteiger partial charge in [-0.2, -0.15) is 0 Å². The molecule has 1 N–H and O–H groups in total. The number of ether oxygens (including phenoxy) is 2. The highest BCUT2D eigenvalue weighted by Crippen LogP contribution is 2.31. The summed E-state index contributed by atoms with van der Waals surface area (Å²) >= 11 is 1.68. The molecule has 0 aliphatic heterocycles. The van der Waals surface area contributed by atoms with Crippen LogP contribution in [-0.4, -0.2) is 43.2 Å². The van der Waals surface area contributed by atoms with Gasteiger partial charge in [0, 0.05) is 40.8 Å². The fourth-order valence-corrected chi connectivity index (χ4v) is 4.41. The predicted octanol–water partition coefficient (Wildman–Crippen LogP) is 6.17. The zero-order chi connectivity index (χ0) is 23.1. The SMILES string of the molecule is COc1ccc(NC(=O)c2ccc(-c3cccs3)cc2)cc1OCCN(C(C)C)C(C)C. The normalized spacial score (nSPS) is 11.2. The van der Waals surface area contributed by atoms with Crippen molar-refractivity contribution in [1.82, 2.24) is 4.90 Å². The Kier molecular flexibility index (Phi) is 8.31. The first-order chi connectivity index (χ1) is 15.4. The van der Waals surface area contributed by atoms with Gasteiger partial charge in [0.15, 0.2) is 11.5 Å². The topological polar surface area (TPSA) is 50.8 Å². The molecule has 1 amide bonds. The van der Waals surface area contributed by atoms with Crippen molar-refractivity contribution in [3.05, 3.63) is 65.5 Å². The van der Waals surface area contributed by atoms with Crippen molar-refractivity contribution in [3.63, 3.8) is 0 Å². The van der Waals surface area contributed by atoms with E-state index in [1.807, 2.05) is 53.9 Å². The van der Waals surface area contributed by atoms with E-state index in [-0.39, 0.29) is 5.91 Å². The Labute approximate surface area is 195 Å². The molecular formula is C26H32N2O3S. The smallest absolute Gasteiger partial charge is 0.255 e. The van der Waals surface area contributed by atoms with Crippen LogP contribution >= 0.6 is 11.3 Å². The summed E-state index contributed by atoms with van der Waals surface area (Å²) in [5.41, 5.74) is 2.37. The Balaban J connectivity index is 1.66. The summed E-state index contributed by atoms with van der Waals surface area (Å²) in [6, 6.07) is 18.0. The first-order valence-electron chi connectivity index (χ1n) is 10.9. The molecule has 3 aromatic rings. The van der Waals surface area contributed by atoms with Gasteiger partial charge in [-0.05, 0) is 69.0 Å². The van der Waals surface area contributed by atoms with Crippen LogP contribution in [0.25, 0.3) is 10.4 Å². The van der Waals surface area contributed by atoms with Crippen LogP contribution in [0.5, 0.6) is 11.5 Å². The minimum atomic E-state index is -0.162. The second kappa shape index (κ2) is 11.2. The highest BCUT2D eigenvalue weighted by molar-refractivity contribution is 7.13. The van der Waals surface area contributed by atoms with Crippen LogP contribution in [0.1, 0.15) is 38.1 Å². The summed E-state index contributed by atoms with van der Waals surface area (Å²) in [6.07, 6.45) is 0. The Bertz CT molecular complexity index is 990. The molecule has 0 spiro atoms. The fourth-order valence-electron chi connectivity index (χ4n) is 3.67. The molecule has 0 radical (unpaired) electrons. The van der Waals surface area contributed by atoms with Crippen LogP contribution in [0.15, 0.2) is 60.0 Å². The van der Waals surface area contributed by atoms with E-state index in [2.05, 4.69) is 44.0 Å². The molecule has 5 nitrogen and oxygen atoms in total. The standard InChI is InChI=1S/C26H32N2O3S/c1-18(2)28(19(3)4)14-15-31-24-17-22(12-13-23(24)30-5)27-26(29)21-10-8-20(9-11-21)25-7-6-16-32-25/h6-13,16-19H,14-15H2,1-5H3,(H,27,29). The Morgan fingerprint density at radius 2 is 1.72 bits per heavy atom. The monoisotopic (exact) mass is 452 g/mol. The molecule has 0 atom stereocenters.